The van der Waals surface area contributed by atoms with Gasteiger partial charge in [0.05, 0.1) is 6.10 Å². The first-order valence-corrected chi connectivity index (χ1v) is 12.8. The van der Waals surface area contributed by atoms with Crippen molar-refractivity contribution in [2.75, 3.05) is 31.6 Å². The lowest BCUT2D eigenvalue weighted by Crippen LogP contribution is -2.33. The van der Waals surface area contributed by atoms with Gasteiger partial charge in [-0.2, -0.15) is 0 Å². The first kappa shape index (κ1) is 22.3. The standard InChI is InChI=1S/C26H31N3O3S/c30-26(31)23(22-8-3-5-18-12-16-33-24(18)22)29-14-11-21(17-29)32-15-2-1-7-20-10-9-19-6-4-13-27-25(19)28-20/h3,5,8-10,12,16,21,23H,1-2,4,6-7,11,13-15,17H2,(H,27,28)(H,30,31). The zero-order chi connectivity index (χ0) is 22.6. The van der Waals surface area contributed by atoms with Crippen molar-refractivity contribution in [3.8, 4) is 0 Å². The predicted molar refractivity (Wildman–Crippen MR) is 132 cm³/mol. The Morgan fingerprint density at radius 1 is 1.27 bits per heavy atom. The first-order valence-electron chi connectivity index (χ1n) is 12.0. The number of benzene rings is 1. The van der Waals surface area contributed by atoms with E-state index in [2.05, 4.69) is 28.4 Å². The molecule has 4 heterocycles. The summed E-state index contributed by atoms with van der Waals surface area (Å²) in [6, 6.07) is 11.7. The average Bonchev–Trinajstić information content (AvgIpc) is 3.49. The number of pyridine rings is 1. The molecule has 7 heteroatoms. The van der Waals surface area contributed by atoms with Crippen LogP contribution in [0.25, 0.3) is 10.1 Å². The van der Waals surface area contributed by atoms with Crippen LogP contribution in [0.2, 0.25) is 0 Å². The Bertz CT molecular complexity index is 1120. The number of aliphatic carboxylic acids is 1. The molecule has 0 saturated carbocycles. The van der Waals surface area contributed by atoms with Gasteiger partial charge in [-0.15, -0.1) is 11.3 Å². The van der Waals surface area contributed by atoms with Gasteiger partial charge < -0.3 is 15.2 Å². The van der Waals surface area contributed by atoms with E-state index in [1.807, 2.05) is 23.6 Å². The van der Waals surface area contributed by atoms with Crippen LogP contribution in [0.15, 0.2) is 41.8 Å². The van der Waals surface area contributed by atoms with Crippen LogP contribution in [0.1, 0.15) is 48.5 Å². The van der Waals surface area contributed by atoms with Crippen LogP contribution in [-0.2, 0) is 22.4 Å². The van der Waals surface area contributed by atoms with Gasteiger partial charge in [0, 0.05) is 36.6 Å². The maximum absolute atomic E-state index is 12.2. The van der Waals surface area contributed by atoms with Gasteiger partial charge in [0.25, 0.3) is 0 Å². The molecule has 174 valence electrons. The SMILES string of the molecule is O=C(O)C(c1cccc2ccsc12)N1CCC(OCCCCc2ccc3c(n2)NCCC3)C1. The van der Waals surface area contributed by atoms with Crippen molar-refractivity contribution in [2.24, 2.45) is 0 Å². The molecule has 0 bridgehead atoms. The van der Waals surface area contributed by atoms with E-state index in [0.29, 0.717) is 13.2 Å². The largest absolute Gasteiger partial charge is 0.480 e. The van der Waals surface area contributed by atoms with Crippen molar-refractivity contribution in [2.45, 2.75) is 50.7 Å². The minimum absolute atomic E-state index is 0.0976. The number of thiophene rings is 1. The average molecular weight is 466 g/mol. The van der Waals surface area contributed by atoms with Gasteiger partial charge in [0.2, 0.25) is 0 Å². The predicted octanol–water partition coefficient (Wildman–Crippen LogP) is 4.89. The maximum atomic E-state index is 12.2. The normalized spacial score (nSPS) is 19.3. The number of nitrogens with zero attached hydrogens (tertiary/aromatic N) is 2. The lowest BCUT2D eigenvalue weighted by atomic mass is 10.0. The molecule has 6 nitrogen and oxygen atoms in total. The maximum Gasteiger partial charge on any atom is 0.325 e. The number of carbonyl (C=O) groups is 1. The van der Waals surface area contributed by atoms with Gasteiger partial charge in [-0.05, 0) is 72.6 Å². The Morgan fingerprint density at radius 3 is 3.12 bits per heavy atom. The topological polar surface area (TPSA) is 74.7 Å². The minimum atomic E-state index is -0.788. The van der Waals surface area contributed by atoms with E-state index in [-0.39, 0.29) is 6.10 Å². The van der Waals surface area contributed by atoms with E-state index in [0.717, 1.165) is 72.4 Å². The molecule has 2 aromatic heterocycles. The van der Waals surface area contributed by atoms with Crippen molar-refractivity contribution >= 4 is 33.2 Å². The Balaban J connectivity index is 1.10. The van der Waals surface area contributed by atoms with Gasteiger partial charge in [0.15, 0.2) is 0 Å². The third kappa shape index (κ3) is 5.05. The highest BCUT2D eigenvalue weighted by molar-refractivity contribution is 7.17. The smallest absolute Gasteiger partial charge is 0.325 e. The van der Waals surface area contributed by atoms with Crippen LogP contribution in [0, 0.1) is 0 Å². The minimum Gasteiger partial charge on any atom is -0.480 e. The number of likely N-dealkylation sites (tertiary alicyclic amines) is 1. The molecule has 0 spiro atoms. The summed E-state index contributed by atoms with van der Waals surface area (Å²) in [6.07, 6.45) is 6.26. The summed E-state index contributed by atoms with van der Waals surface area (Å²) in [6.45, 7) is 3.13. The van der Waals surface area contributed by atoms with Crippen LogP contribution in [-0.4, -0.2) is 53.3 Å². The second-order valence-corrected chi connectivity index (χ2v) is 9.92. The molecule has 1 saturated heterocycles. The number of ether oxygens (including phenoxy) is 1. The van der Waals surface area contributed by atoms with Crippen LogP contribution in [0.4, 0.5) is 5.82 Å². The fourth-order valence-corrected chi connectivity index (χ4v) is 5.95. The molecule has 2 atom stereocenters. The Labute approximate surface area is 198 Å². The highest BCUT2D eigenvalue weighted by Gasteiger charge is 2.35. The summed E-state index contributed by atoms with van der Waals surface area (Å²) in [7, 11) is 0. The summed E-state index contributed by atoms with van der Waals surface area (Å²) in [5.41, 5.74) is 3.36. The zero-order valence-electron chi connectivity index (χ0n) is 18.8. The van der Waals surface area contributed by atoms with E-state index in [1.54, 1.807) is 11.3 Å². The number of carboxylic acids is 1. The monoisotopic (exact) mass is 465 g/mol. The van der Waals surface area contributed by atoms with Gasteiger partial charge in [-0.3, -0.25) is 9.69 Å². The Kier molecular flexibility index (Phi) is 6.90. The summed E-state index contributed by atoms with van der Waals surface area (Å²) in [4.78, 5) is 19.0. The van der Waals surface area contributed by atoms with Crippen molar-refractivity contribution < 1.29 is 14.6 Å². The van der Waals surface area contributed by atoms with E-state index in [1.165, 1.54) is 12.0 Å². The molecule has 3 aromatic rings. The first-order chi connectivity index (χ1) is 16.2. The molecule has 0 aliphatic carbocycles. The molecular weight excluding hydrogens is 434 g/mol. The number of rotatable bonds is 9. The lowest BCUT2D eigenvalue weighted by Gasteiger charge is -2.25. The summed E-state index contributed by atoms with van der Waals surface area (Å²) in [5, 5.41) is 16.5. The van der Waals surface area contributed by atoms with Crippen molar-refractivity contribution in [1.82, 2.24) is 9.88 Å². The number of unbranched alkanes of at least 4 members (excludes halogenated alkanes) is 1. The molecule has 33 heavy (non-hydrogen) atoms. The lowest BCUT2D eigenvalue weighted by molar-refractivity contribution is -0.143. The number of aromatic nitrogens is 1. The third-order valence-electron chi connectivity index (χ3n) is 6.71. The summed E-state index contributed by atoms with van der Waals surface area (Å²) >= 11 is 1.61. The fourth-order valence-electron chi connectivity index (χ4n) is 5.01. The van der Waals surface area contributed by atoms with Gasteiger partial charge in [-0.25, -0.2) is 4.98 Å². The number of nitrogens with one attached hydrogen (secondary N) is 1. The molecule has 5 rings (SSSR count). The van der Waals surface area contributed by atoms with Crippen LogP contribution >= 0.6 is 11.3 Å². The van der Waals surface area contributed by atoms with Gasteiger partial charge in [0.1, 0.15) is 11.9 Å². The third-order valence-corrected chi connectivity index (χ3v) is 7.69. The van der Waals surface area contributed by atoms with Gasteiger partial charge >= 0.3 is 5.97 Å². The van der Waals surface area contributed by atoms with E-state index >= 15 is 0 Å². The van der Waals surface area contributed by atoms with Crippen molar-refractivity contribution in [1.29, 1.82) is 0 Å². The number of fused-ring (bicyclic) bond motifs is 2. The van der Waals surface area contributed by atoms with E-state index < -0.39 is 12.0 Å². The number of hydrogen-bond donors (Lipinski definition) is 2. The Morgan fingerprint density at radius 2 is 2.21 bits per heavy atom. The molecule has 1 aromatic carbocycles. The van der Waals surface area contributed by atoms with Crippen LogP contribution < -0.4 is 5.32 Å². The van der Waals surface area contributed by atoms with Crippen LogP contribution in [0.3, 0.4) is 0 Å². The number of anilines is 1. The van der Waals surface area contributed by atoms with E-state index in [4.69, 9.17) is 9.72 Å². The summed E-state index contributed by atoms with van der Waals surface area (Å²) < 4.78 is 7.20. The summed E-state index contributed by atoms with van der Waals surface area (Å²) in [5.74, 6) is 0.274. The molecule has 0 radical (unpaired) electrons. The highest BCUT2D eigenvalue weighted by atomic mass is 32.1. The number of hydrogen-bond acceptors (Lipinski definition) is 6. The van der Waals surface area contributed by atoms with Crippen LogP contribution in [0.5, 0.6) is 0 Å². The number of aryl methyl sites for hydroxylation is 2. The zero-order valence-corrected chi connectivity index (χ0v) is 19.7. The van der Waals surface area contributed by atoms with E-state index in [9.17, 15) is 9.90 Å². The fraction of sp³-hybridized carbons (Fsp3) is 0.462. The number of carboxylic acid groups (broad SMARTS) is 1. The molecule has 2 unspecified atom stereocenters. The van der Waals surface area contributed by atoms with Gasteiger partial charge in [-0.1, -0.05) is 24.3 Å². The molecule has 1 fully saturated rings. The molecule has 2 aliphatic heterocycles. The van der Waals surface area contributed by atoms with Crippen molar-refractivity contribution in [3.05, 3.63) is 58.6 Å². The molecular formula is C26H31N3O3S. The Hall–Kier alpha value is -2.48. The molecule has 2 N–H and O–H groups in total. The van der Waals surface area contributed by atoms with Crippen molar-refractivity contribution in [3.63, 3.8) is 0 Å². The molecule has 2 aliphatic rings. The second-order valence-electron chi connectivity index (χ2n) is 9.00. The molecule has 0 amide bonds. The quantitative estimate of drug-likeness (QED) is 0.438. The second kappa shape index (κ2) is 10.2. The highest BCUT2D eigenvalue weighted by Crippen LogP contribution is 2.34.